The molecule has 0 saturated heterocycles. The molecular weight excluding hydrogens is 653 g/mol. The number of benzene rings is 8. The molecular formula is C48H28N2OS. The third kappa shape index (κ3) is 4.58. The predicted octanol–water partition coefficient (Wildman–Crippen LogP) is 13.7. The minimum Gasteiger partial charge on any atom is -0.455 e. The summed E-state index contributed by atoms with van der Waals surface area (Å²) in [7, 11) is 0. The maximum absolute atomic E-state index is 6.71. The summed E-state index contributed by atoms with van der Waals surface area (Å²) in [5.74, 6) is 0.690. The first-order valence-electron chi connectivity index (χ1n) is 17.5. The highest BCUT2D eigenvalue weighted by molar-refractivity contribution is 7.26. The van der Waals surface area contributed by atoms with Crippen LogP contribution in [0.2, 0.25) is 0 Å². The maximum Gasteiger partial charge on any atom is 0.161 e. The molecule has 242 valence electrons. The van der Waals surface area contributed by atoms with Crippen LogP contribution >= 0.6 is 11.3 Å². The SMILES string of the molecule is c1ccc(-c2ccc3cc(-c4nc(-c5cccc6oc7c(-c8ccc9ccccc9c8)cccc7c56)nc5c4sc4ccccc45)ccc3c2)cc1. The van der Waals surface area contributed by atoms with Gasteiger partial charge < -0.3 is 4.42 Å². The first-order valence-corrected chi connectivity index (χ1v) is 18.3. The van der Waals surface area contributed by atoms with Crippen LogP contribution in [0.4, 0.5) is 0 Å². The molecule has 0 radical (unpaired) electrons. The van der Waals surface area contributed by atoms with Crippen molar-refractivity contribution in [3.63, 3.8) is 0 Å². The molecule has 0 aliphatic rings. The number of aromatic nitrogens is 2. The summed E-state index contributed by atoms with van der Waals surface area (Å²) in [6.07, 6.45) is 0. The van der Waals surface area contributed by atoms with Gasteiger partial charge in [0, 0.05) is 37.5 Å². The van der Waals surface area contributed by atoms with E-state index >= 15 is 0 Å². The Morgan fingerprint density at radius 3 is 2.00 bits per heavy atom. The molecule has 0 N–H and O–H groups in total. The zero-order chi connectivity index (χ0) is 34.2. The minimum absolute atomic E-state index is 0.690. The molecule has 3 nitrogen and oxygen atoms in total. The molecule has 3 aromatic heterocycles. The molecule has 3 heterocycles. The second-order valence-corrected chi connectivity index (χ2v) is 14.4. The summed E-state index contributed by atoms with van der Waals surface area (Å²) in [5, 5.41) is 8.02. The fraction of sp³-hybridized carbons (Fsp3) is 0. The van der Waals surface area contributed by atoms with Gasteiger partial charge in [-0.1, -0.05) is 140 Å². The average Bonchev–Trinajstić information content (AvgIpc) is 3.79. The summed E-state index contributed by atoms with van der Waals surface area (Å²) in [5.41, 5.74) is 10.3. The van der Waals surface area contributed by atoms with E-state index in [4.69, 9.17) is 14.4 Å². The topological polar surface area (TPSA) is 38.9 Å². The van der Waals surface area contributed by atoms with Gasteiger partial charge in [0.15, 0.2) is 5.82 Å². The number of fused-ring (bicyclic) bond motifs is 8. The van der Waals surface area contributed by atoms with Gasteiger partial charge in [-0.15, -0.1) is 11.3 Å². The van der Waals surface area contributed by atoms with Gasteiger partial charge in [0.05, 0.1) is 15.9 Å². The first kappa shape index (κ1) is 29.1. The van der Waals surface area contributed by atoms with Gasteiger partial charge in [-0.3, -0.25) is 0 Å². The standard InChI is InChI=1S/C48H28N2OS/c1-2-10-29(11-3-1)32-21-22-34-28-36(25-23-33(34)26-32)44-47-45(38-14-6-7-19-42(38)52-47)50-48(49-44)40-17-9-18-41-43(40)39-16-8-15-37(46(39)51-41)35-24-20-30-12-4-5-13-31(30)27-35/h1-28H. The Balaban J connectivity index is 1.12. The normalized spacial score (nSPS) is 11.8. The largest absolute Gasteiger partial charge is 0.455 e. The van der Waals surface area contributed by atoms with Crippen LogP contribution in [-0.2, 0) is 0 Å². The lowest BCUT2D eigenvalue weighted by molar-refractivity contribution is 0.670. The molecule has 11 aromatic rings. The molecule has 0 fully saturated rings. The molecule has 0 atom stereocenters. The van der Waals surface area contributed by atoms with Crippen molar-refractivity contribution in [2.45, 2.75) is 0 Å². The van der Waals surface area contributed by atoms with Crippen LogP contribution in [0.15, 0.2) is 174 Å². The Labute approximate surface area is 303 Å². The molecule has 0 aliphatic carbocycles. The molecule has 0 aliphatic heterocycles. The predicted molar refractivity (Wildman–Crippen MR) is 219 cm³/mol. The third-order valence-electron chi connectivity index (χ3n) is 10.3. The Morgan fingerprint density at radius 1 is 0.442 bits per heavy atom. The van der Waals surface area contributed by atoms with E-state index in [1.807, 2.05) is 0 Å². The molecule has 0 bridgehead atoms. The number of furan rings is 1. The van der Waals surface area contributed by atoms with Crippen molar-refractivity contribution in [3.05, 3.63) is 170 Å². The fourth-order valence-electron chi connectivity index (χ4n) is 7.73. The Bertz CT molecular complexity index is 3190. The number of rotatable bonds is 4. The summed E-state index contributed by atoms with van der Waals surface area (Å²) in [4.78, 5) is 10.8. The van der Waals surface area contributed by atoms with Gasteiger partial charge in [-0.2, -0.15) is 0 Å². The monoisotopic (exact) mass is 680 g/mol. The maximum atomic E-state index is 6.71. The fourth-order valence-corrected chi connectivity index (χ4v) is 8.88. The van der Waals surface area contributed by atoms with Crippen LogP contribution in [0.3, 0.4) is 0 Å². The zero-order valence-electron chi connectivity index (χ0n) is 27.9. The van der Waals surface area contributed by atoms with Crippen molar-refractivity contribution in [2.75, 3.05) is 0 Å². The molecule has 52 heavy (non-hydrogen) atoms. The molecule has 0 unspecified atom stereocenters. The number of hydrogen-bond acceptors (Lipinski definition) is 4. The molecule has 0 saturated carbocycles. The number of hydrogen-bond donors (Lipinski definition) is 0. The quantitative estimate of drug-likeness (QED) is 0.186. The zero-order valence-corrected chi connectivity index (χ0v) is 28.7. The van der Waals surface area contributed by atoms with Crippen molar-refractivity contribution in [1.82, 2.24) is 9.97 Å². The summed E-state index contributed by atoms with van der Waals surface area (Å²) in [6.45, 7) is 0. The van der Waals surface area contributed by atoms with E-state index in [2.05, 4.69) is 170 Å². The van der Waals surface area contributed by atoms with E-state index in [1.54, 1.807) is 11.3 Å². The Hall–Kier alpha value is -6.62. The highest BCUT2D eigenvalue weighted by Gasteiger charge is 2.21. The molecule has 8 aromatic carbocycles. The minimum atomic E-state index is 0.690. The molecule has 0 amide bonds. The van der Waals surface area contributed by atoms with E-state index in [-0.39, 0.29) is 0 Å². The van der Waals surface area contributed by atoms with E-state index in [9.17, 15) is 0 Å². The van der Waals surface area contributed by atoms with Gasteiger partial charge in [0.2, 0.25) is 0 Å². The molecule has 4 heteroatoms. The molecule has 11 rings (SSSR count). The van der Waals surface area contributed by atoms with Crippen LogP contribution < -0.4 is 0 Å². The van der Waals surface area contributed by atoms with Crippen molar-refractivity contribution in [2.24, 2.45) is 0 Å². The van der Waals surface area contributed by atoms with E-state index in [0.29, 0.717) is 5.82 Å². The van der Waals surface area contributed by atoms with Crippen LogP contribution in [-0.4, -0.2) is 9.97 Å². The Morgan fingerprint density at radius 2 is 1.10 bits per heavy atom. The lowest BCUT2D eigenvalue weighted by atomic mass is 9.98. The van der Waals surface area contributed by atoms with Crippen LogP contribution in [0, 0.1) is 0 Å². The lowest BCUT2D eigenvalue weighted by Gasteiger charge is -2.10. The second kappa shape index (κ2) is 11.5. The van der Waals surface area contributed by atoms with E-state index < -0.39 is 0 Å². The van der Waals surface area contributed by atoms with Gasteiger partial charge >= 0.3 is 0 Å². The first-order chi connectivity index (χ1) is 25.7. The van der Waals surface area contributed by atoms with Crippen LogP contribution in [0.25, 0.3) is 109 Å². The van der Waals surface area contributed by atoms with Gasteiger partial charge in [-0.25, -0.2) is 9.97 Å². The Kier molecular flexibility index (Phi) is 6.42. The average molecular weight is 681 g/mol. The van der Waals surface area contributed by atoms with Gasteiger partial charge in [-0.05, 0) is 68.6 Å². The highest BCUT2D eigenvalue weighted by Crippen LogP contribution is 2.44. The van der Waals surface area contributed by atoms with E-state index in [0.717, 1.165) is 65.5 Å². The van der Waals surface area contributed by atoms with Crippen LogP contribution in [0.5, 0.6) is 0 Å². The van der Waals surface area contributed by atoms with E-state index in [1.165, 1.54) is 37.4 Å². The van der Waals surface area contributed by atoms with Crippen molar-refractivity contribution in [3.8, 4) is 44.9 Å². The van der Waals surface area contributed by atoms with Crippen molar-refractivity contribution < 1.29 is 4.42 Å². The number of para-hydroxylation sites is 1. The van der Waals surface area contributed by atoms with Crippen LogP contribution in [0.1, 0.15) is 0 Å². The van der Waals surface area contributed by atoms with Gasteiger partial charge in [0.1, 0.15) is 11.2 Å². The van der Waals surface area contributed by atoms with Crippen molar-refractivity contribution in [1.29, 1.82) is 0 Å². The third-order valence-corrected chi connectivity index (χ3v) is 11.4. The summed E-state index contributed by atoms with van der Waals surface area (Å²) in [6, 6.07) is 60.2. The van der Waals surface area contributed by atoms with Gasteiger partial charge in [0.25, 0.3) is 0 Å². The second-order valence-electron chi connectivity index (χ2n) is 13.3. The lowest BCUT2D eigenvalue weighted by Crippen LogP contribution is -1.94. The summed E-state index contributed by atoms with van der Waals surface area (Å²) >= 11 is 1.76. The highest BCUT2D eigenvalue weighted by atomic mass is 32.1. The smallest absolute Gasteiger partial charge is 0.161 e. The van der Waals surface area contributed by atoms with Crippen molar-refractivity contribution >= 4 is 75.1 Å². The summed E-state index contributed by atoms with van der Waals surface area (Å²) < 4.78 is 9.00. The number of thiophene rings is 1. The molecule has 0 spiro atoms. The number of nitrogens with zero attached hydrogens (tertiary/aromatic N) is 2.